The van der Waals surface area contributed by atoms with Crippen molar-refractivity contribution in [3.8, 4) is 0 Å². The molecule has 0 aliphatic carbocycles. The van der Waals surface area contributed by atoms with E-state index in [2.05, 4.69) is 15.9 Å². The fraction of sp³-hybridized carbons (Fsp3) is 0.176. The van der Waals surface area contributed by atoms with Crippen molar-refractivity contribution in [2.75, 3.05) is 6.26 Å². The summed E-state index contributed by atoms with van der Waals surface area (Å²) in [5.41, 5.74) is 2.38. The Morgan fingerprint density at radius 2 is 1.70 bits per heavy atom. The van der Waals surface area contributed by atoms with Crippen molar-refractivity contribution in [1.82, 2.24) is 0 Å². The Morgan fingerprint density at radius 3 is 2.22 bits per heavy atom. The van der Waals surface area contributed by atoms with E-state index in [1.165, 1.54) is 0 Å². The van der Waals surface area contributed by atoms with Gasteiger partial charge in [0.1, 0.15) is 6.10 Å². The number of sulfone groups is 1. The number of rotatable bonds is 4. The Balaban J connectivity index is 2.65. The molecular weight excluding hydrogens is 491 g/mol. The molecule has 0 saturated heterocycles. The molecule has 1 atom stereocenters. The predicted molar refractivity (Wildman–Crippen MR) is 106 cm³/mol. The number of aliphatic hydroxyl groups excluding tert-OH is 1. The molecule has 3 nitrogen and oxygen atoms in total. The summed E-state index contributed by atoms with van der Waals surface area (Å²) in [6.07, 6.45) is -0.108. The summed E-state index contributed by atoms with van der Waals surface area (Å²) in [7, 11) is -3.59. The van der Waals surface area contributed by atoms with Crippen molar-refractivity contribution in [3.05, 3.63) is 74.6 Å². The normalized spacial score (nSPS) is 14.3. The van der Waals surface area contributed by atoms with E-state index in [0.717, 1.165) is 17.4 Å². The van der Waals surface area contributed by atoms with E-state index in [4.69, 9.17) is 0 Å². The molecule has 0 amide bonds. The lowest BCUT2D eigenvalue weighted by Crippen LogP contribution is -2.12. The number of hydrogen-bond acceptors (Lipinski definition) is 3. The molecule has 23 heavy (non-hydrogen) atoms. The Bertz CT molecular complexity index is 842. The number of benzene rings is 2. The highest BCUT2D eigenvalue weighted by Crippen LogP contribution is 2.38. The highest BCUT2D eigenvalue weighted by atomic mass is 127. The second-order valence-corrected chi connectivity index (χ2v) is 9.16. The van der Waals surface area contributed by atoms with Gasteiger partial charge in [-0.1, -0.05) is 64.0 Å². The van der Waals surface area contributed by atoms with Crippen molar-refractivity contribution in [3.63, 3.8) is 0 Å². The third-order valence-corrected chi connectivity index (χ3v) is 6.89. The molecule has 0 aliphatic rings. The molecule has 6 heteroatoms. The summed E-state index contributed by atoms with van der Waals surface area (Å²) in [5.74, 6) is 0. The van der Waals surface area contributed by atoms with Crippen LogP contribution in [0.5, 0.6) is 0 Å². The van der Waals surface area contributed by atoms with Crippen LogP contribution in [0.3, 0.4) is 0 Å². The molecule has 0 saturated carbocycles. The third kappa shape index (κ3) is 4.43. The van der Waals surface area contributed by atoms with Gasteiger partial charge in [-0.2, -0.15) is 0 Å². The monoisotopic (exact) mass is 506 g/mol. The molecule has 0 heterocycles. The van der Waals surface area contributed by atoms with Gasteiger partial charge in [-0.05, 0) is 46.7 Å². The van der Waals surface area contributed by atoms with Crippen LogP contribution in [-0.4, -0.2) is 19.8 Å². The minimum atomic E-state index is -3.59. The van der Waals surface area contributed by atoms with E-state index in [1.807, 2.05) is 59.8 Å². The van der Waals surface area contributed by atoms with Crippen LogP contribution in [0.15, 0.2) is 57.9 Å². The molecule has 0 radical (unpaired) electrons. The number of aryl methyl sites for hydroxylation is 1. The Kier molecular flexibility index (Phi) is 6.05. The summed E-state index contributed by atoms with van der Waals surface area (Å²) in [5, 5.41) is 10.7. The quantitative estimate of drug-likeness (QED) is 0.614. The predicted octanol–water partition coefficient (Wildman–Crippen LogP) is 4.64. The van der Waals surface area contributed by atoms with Crippen molar-refractivity contribution in [1.29, 1.82) is 0 Å². The second kappa shape index (κ2) is 7.46. The Labute approximate surface area is 158 Å². The lowest BCUT2D eigenvalue weighted by Gasteiger charge is -2.18. The van der Waals surface area contributed by atoms with Gasteiger partial charge in [0.2, 0.25) is 0 Å². The molecule has 0 unspecified atom stereocenters. The highest BCUT2D eigenvalue weighted by molar-refractivity contribution is 14.1. The molecular formula is C17H16BrIO3S. The lowest BCUT2D eigenvalue weighted by atomic mass is 10.1. The van der Waals surface area contributed by atoms with Crippen LogP contribution >= 0.6 is 38.5 Å². The molecule has 1 N–H and O–H groups in total. The molecule has 0 bridgehead atoms. The van der Waals surface area contributed by atoms with Crippen molar-refractivity contribution < 1.29 is 13.5 Å². The molecule has 0 fully saturated rings. The number of hydrogen-bond donors (Lipinski definition) is 1. The minimum absolute atomic E-state index is 0.00820. The van der Waals surface area contributed by atoms with Crippen LogP contribution < -0.4 is 0 Å². The second-order valence-electron chi connectivity index (χ2n) is 5.24. The SMILES string of the molecule is Cc1ccc(/C(I)=C(/[C@@H](O)c2ccccc2Br)S(C)(=O)=O)cc1. The van der Waals surface area contributed by atoms with Gasteiger partial charge in [0.25, 0.3) is 0 Å². The number of halogens is 2. The topological polar surface area (TPSA) is 54.4 Å². The number of aliphatic hydroxyl groups is 1. The van der Waals surface area contributed by atoms with E-state index in [9.17, 15) is 13.5 Å². The maximum absolute atomic E-state index is 12.3. The van der Waals surface area contributed by atoms with Crippen LogP contribution in [-0.2, 0) is 9.84 Å². The van der Waals surface area contributed by atoms with Crippen LogP contribution in [0.25, 0.3) is 3.58 Å². The first kappa shape index (κ1) is 18.6. The van der Waals surface area contributed by atoms with Crippen molar-refractivity contribution in [2.24, 2.45) is 0 Å². The van der Waals surface area contributed by atoms with E-state index >= 15 is 0 Å². The Hall–Kier alpha value is -0.700. The van der Waals surface area contributed by atoms with Gasteiger partial charge in [0.05, 0.1) is 4.91 Å². The van der Waals surface area contributed by atoms with Crippen LogP contribution in [0.4, 0.5) is 0 Å². The van der Waals surface area contributed by atoms with Crippen LogP contribution in [0.2, 0.25) is 0 Å². The lowest BCUT2D eigenvalue weighted by molar-refractivity contribution is 0.223. The summed E-state index contributed by atoms with van der Waals surface area (Å²) in [6.45, 7) is 1.97. The molecule has 0 aliphatic heterocycles. The summed E-state index contributed by atoms with van der Waals surface area (Å²) in [6, 6.07) is 14.6. The first-order valence-corrected chi connectivity index (χ1v) is 10.6. The zero-order chi connectivity index (χ0) is 17.2. The molecule has 122 valence electrons. The van der Waals surface area contributed by atoms with Gasteiger partial charge in [0, 0.05) is 14.3 Å². The van der Waals surface area contributed by atoms with Gasteiger partial charge in [-0.15, -0.1) is 0 Å². The summed E-state index contributed by atoms with van der Waals surface area (Å²) < 4.78 is 25.8. The smallest absolute Gasteiger partial charge is 0.175 e. The zero-order valence-electron chi connectivity index (χ0n) is 12.6. The molecule has 0 aromatic heterocycles. The molecule has 2 aromatic carbocycles. The first-order valence-electron chi connectivity index (χ1n) is 6.81. The zero-order valence-corrected chi connectivity index (χ0v) is 17.2. The third-order valence-electron chi connectivity index (χ3n) is 3.37. The molecule has 0 spiro atoms. The van der Waals surface area contributed by atoms with Gasteiger partial charge >= 0.3 is 0 Å². The van der Waals surface area contributed by atoms with Gasteiger partial charge in [0.15, 0.2) is 9.84 Å². The van der Waals surface area contributed by atoms with E-state index in [-0.39, 0.29) is 4.91 Å². The molecule has 2 rings (SSSR count). The Morgan fingerprint density at radius 1 is 1.13 bits per heavy atom. The van der Waals surface area contributed by atoms with E-state index < -0.39 is 15.9 Å². The maximum Gasteiger partial charge on any atom is 0.175 e. The largest absolute Gasteiger partial charge is 0.383 e. The van der Waals surface area contributed by atoms with Crippen molar-refractivity contribution in [2.45, 2.75) is 13.0 Å². The fourth-order valence-corrected chi connectivity index (χ4v) is 5.50. The minimum Gasteiger partial charge on any atom is -0.383 e. The average molecular weight is 507 g/mol. The van der Waals surface area contributed by atoms with E-state index in [1.54, 1.807) is 18.2 Å². The highest BCUT2D eigenvalue weighted by Gasteiger charge is 2.27. The standard InChI is InChI=1S/C17H16BrIO3S/c1-11-7-9-12(10-8-11)15(19)17(23(2,21)22)16(20)13-5-3-4-6-14(13)18/h3-10,16,20H,1-2H3/b17-15+/t16-/m0/s1. The van der Waals surface area contributed by atoms with Gasteiger partial charge < -0.3 is 5.11 Å². The first-order chi connectivity index (χ1) is 10.7. The van der Waals surface area contributed by atoms with E-state index in [0.29, 0.717) is 13.6 Å². The average Bonchev–Trinajstić information content (AvgIpc) is 2.46. The summed E-state index contributed by atoms with van der Waals surface area (Å²) >= 11 is 5.35. The van der Waals surface area contributed by atoms with Gasteiger partial charge in [-0.3, -0.25) is 0 Å². The van der Waals surface area contributed by atoms with Gasteiger partial charge in [-0.25, -0.2) is 8.42 Å². The maximum atomic E-state index is 12.3. The molecule has 2 aromatic rings. The van der Waals surface area contributed by atoms with Crippen LogP contribution in [0, 0.1) is 6.92 Å². The van der Waals surface area contributed by atoms with Crippen LogP contribution in [0.1, 0.15) is 22.8 Å². The fourth-order valence-electron chi connectivity index (χ4n) is 2.17. The summed E-state index contributed by atoms with van der Waals surface area (Å²) in [4.78, 5) is 0.00820. The van der Waals surface area contributed by atoms with Crippen molar-refractivity contribution >= 4 is 51.9 Å².